The minimum Gasteiger partial charge on any atom is -0.310 e. The number of thiophene rings is 1. The van der Waals surface area contributed by atoms with E-state index in [2.05, 4.69) is 191 Å². The molecule has 9 aromatic carbocycles. The standard InChI is InChI=1S/C50H30N2S/c1-2-10-35(11-3-1)51(38-22-23-50-46(30-38)41-14-6-9-17-49(41)53-50)36-20-18-31-26-42-44(28-33(31)24-36)43-27-32-19-21-37(25-34(32)29-45(42)43)52-47-15-7-4-12-39(47)40-13-5-8-16-48(40)52/h1-30H. The van der Waals surface area contributed by atoms with Gasteiger partial charge in [0.25, 0.3) is 0 Å². The first-order valence-corrected chi connectivity index (χ1v) is 19.0. The average Bonchev–Trinajstić information content (AvgIpc) is 3.75. The highest BCUT2D eigenvalue weighted by molar-refractivity contribution is 7.25. The van der Waals surface area contributed by atoms with Gasteiger partial charge in [-0.3, -0.25) is 0 Å². The largest absolute Gasteiger partial charge is 0.310 e. The van der Waals surface area contributed by atoms with Crippen molar-refractivity contribution < 1.29 is 0 Å². The third-order valence-electron chi connectivity index (χ3n) is 11.2. The second-order valence-corrected chi connectivity index (χ2v) is 15.3. The van der Waals surface area contributed by atoms with E-state index in [9.17, 15) is 0 Å². The first-order valence-electron chi connectivity index (χ1n) is 18.2. The normalized spacial score (nSPS) is 12.2. The van der Waals surface area contributed by atoms with Gasteiger partial charge < -0.3 is 9.47 Å². The molecular weight excluding hydrogens is 661 g/mol. The lowest BCUT2D eigenvalue weighted by atomic mass is 9.78. The number of benzene rings is 9. The first kappa shape index (κ1) is 29.0. The van der Waals surface area contributed by atoms with Crippen LogP contribution in [0, 0.1) is 0 Å². The Labute approximate surface area is 310 Å². The molecule has 12 rings (SSSR count). The molecule has 2 aromatic heterocycles. The van der Waals surface area contributed by atoms with Crippen molar-refractivity contribution >= 4 is 91.9 Å². The maximum Gasteiger partial charge on any atom is 0.0541 e. The van der Waals surface area contributed by atoms with Gasteiger partial charge in [0, 0.05) is 53.7 Å². The summed E-state index contributed by atoms with van der Waals surface area (Å²) in [5.41, 5.74) is 12.4. The van der Waals surface area contributed by atoms with E-state index in [1.807, 2.05) is 11.3 Å². The second kappa shape index (κ2) is 10.9. The van der Waals surface area contributed by atoms with Crippen LogP contribution in [0.25, 0.3) is 91.5 Å². The maximum absolute atomic E-state index is 2.40. The molecule has 0 aliphatic heterocycles. The van der Waals surface area contributed by atoms with Crippen molar-refractivity contribution in [2.45, 2.75) is 0 Å². The average molecular weight is 691 g/mol. The molecule has 0 spiro atoms. The summed E-state index contributed by atoms with van der Waals surface area (Å²) >= 11 is 1.86. The Hall–Kier alpha value is -6.68. The Morgan fingerprint density at radius 2 is 0.868 bits per heavy atom. The van der Waals surface area contributed by atoms with Crippen LogP contribution in [0.15, 0.2) is 182 Å². The van der Waals surface area contributed by atoms with E-state index in [4.69, 9.17) is 0 Å². The zero-order valence-corrected chi connectivity index (χ0v) is 29.4. The van der Waals surface area contributed by atoms with Crippen LogP contribution in [0.2, 0.25) is 0 Å². The Kier molecular flexibility index (Phi) is 5.96. The number of hydrogen-bond acceptors (Lipinski definition) is 2. The van der Waals surface area contributed by atoms with Crippen molar-refractivity contribution in [3.63, 3.8) is 0 Å². The zero-order valence-electron chi connectivity index (χ0n) is 28.6. The van der Waals surface area contributed by atoms with E-state index in [1.165, 1.54) is 91.5 Å². The summed E-state index contributed by atoms with van der Waals surface area (Å²) in [7, 11) is 0. The van der Waals surface area contributed by atoms with E-state index in [1.54, 1.807) is 0 Å². The summed E-state index contributed by atoms with van der Waals surface area (Å²) < 4.78 is 5.04. The van der Waals surface area contributed by atoms with Gasteiger partial charge in [-0.1, -0.05) is 84.9 Å². The maximum atomic E-state index is 2.40. The molecule has 53 heavy (non-hydrogen) atoms. The molecule has 0 radical (unpaired) electrons. The number of para-hydroxylation sites is 3. The molecule has 0 saturated heterocycles. The van der Waals surface area contributed by atoms with Crippen LogP contribution in [0.3, 0.4) is 0 Å². The van der Waals surface area contributed by atoms with E-state index in [-0.39, 0.29) is 0 Å². The van der Waals surface area contributed by atoms with E-state index in [0.717, 1.165) is 17.1 Å². The molecule has 0 saturated carbocycles. The Balaban J connectivity index is 0.961. The van der Waals surface area contributed by atoms with Crippen LogP contribution >= 0.6 is 11.3 Å². The van der Waals surface area contributed by atoms with Gasteiger partial charge in [-0.15, -0.1) is 11.3 Å². The SMILES string of the molecule is c1ccc(N(c2ccc3cc4c(cc3c2)-c2cc3ccc(-n5c6ccccc6c6ccccc65)cc3cc2-4)c2ccc3sc4ccccc4c3c2)cc1. The highest BCUT2D eigenvalue weighted by Crippen LogP contribution is 2.51. The van der Waals surface area contributed by atoms with Crippen molar-refractivity contribution in [3.8, 4) is 27.9 Å². The molecule has 2 nitrogen and oxygen atoms in total. The fraction of sp³-hybridized carbons (Fsp3) is 0. The van der Waals surface area contributed by atoms with Crippen molar-refractivity contribution in [3.05, 3.63) is 182 Å². The lowest BCUT2D eigenvalue weighted by Crippen LogP contribution is -2.09. The third-order valence-corrected chi connectivity index (χ3v) is 12.4. The van der Waals surface area contributed by atoms with Crippen LogP contribution in [-0.2, 0) is 0 Å². The zero-order chi connectivity index (χ0) is 34.6. The molecule has 2 heterocycles. The molecule has 1 aliphatic rings. The fourth-order valence-corrected chi connectivity index (χ4v) is 9.84. The number of nitrogens with zero attached hydrogens (tertiary/aromatic N) is 2. The lowest BCUT2D eigenvalue weighted by Gasteiger charge is -2.28. The van der Waals surface area contributed by atoms with Crippen LogP contribution in [0.1, 0.15) is 0 Å². The summed E-state index contributed by atoms with van der Waals surface area (Å²) in [6, 6.07) is 67.2. The highest BCUT2D eigenvalue weighted by atomic mass is 32.1. The van der Waals surface area contributed by atoms with Gasteiger partial charge in [-0.2, -0.15) is 0 Å². The Bertz CT molecular complexity index is 3240. The van der Waals surface area contributed by atoms with Crippen LogP contribution < -0.4 is 4.90 Å². The Morgan fingerprint density at radius 1 is 0.340 bits per heavy atom. The van der Waals surface area contributed by atoms with Crippen molar-refractivity contribution in [2.24, 2.45) is 0 Å². The molecule has 0 amide bonds. The molecule has 1 aliphatic carbocycles. The van der Waals surface area contributed by atoms with Crippen LogP contribution in [0.5, 0.6) is 0 Å². The van der Waals surface area contributed by atoms with Crippen molar-refractivity contribution in [1.29, 1.82) is 0 Å². The molecule has 3 heteroatoms. The Morgan fingerprint density at radius 3 is 1.58 bits per heavy atom. The predicted octanol–water partition coefficient (Wildman–Crippen LogP) is 14.6. The van der Waals surface area contributed by atoms with Gasteiger partial charge in [0.2, 0.25) is 0 Å². The summed E-state index contributed by atoms with van der Waals surface area (Å²) in [4.78, 5) is 2.39. The smallest absolute Gasteiger partial charge is 0.0541 e. The number of aromatic nitrogens is 1. The van der Waals surface area contributed by atoms with Crippen molar-refractivity contribution in [1.82, 2.24) is 4.57 Å². The van der Waals surface area contributed by atoms with E-state index in [0.29, 0.717) is 0 Å². The number of anilines is 3. The molecule has 0 N–H and O–H groups in total. The molecule has 11 aromatic rings. The lowest BCUT2D eigenvalue weighted by molar-refractivity contribution is 1.19. The molecule has 246 valence electrons. The predicted molar refractivity (Wildman–Crippen MR) is 228 cm³/mol. The van der Waals surface area contributed by atoms with Crippen LogP contribution in [0.4, 0.5) is 17.1 Å². The topological polar surface area (TPSA) is 8.17 Å². The minimum atomic E-state index is 1.15. The van der Waals surface area contributed by atoms with E-state index >= 15 is 0 Å². The van der Waals surface area contributed by atoms with Gasteiger partial charge in [-0.25, -0.2) is 0 Å². The quantitative estimate of drug-likeness (QED) is 0.178. The first-order chi connectivity index (χ1) is 26.2. The number of hydrogen-bond donors (Lipinski definition) is 0. The molecule has 0 unspecified atom stereocenters. The van der Waals surface area contributed by atoms with Gasteiger partial charge in [0.15, 0.2) is 0 Å². The fourth-order valence-electron chi connectivity index (χ4n) is 8.76. The molecule has 0 bridgehead atoms. The van der Waals surface area contributed by atoms with Gasteiger partial charge in [0.05, 0.1) is 11.0 Å². The number of fused-ring (bicyclic) bond motifs is 12. The van der Waals surface area contributed by atoms with Gasteiger partial charge in [0.1, 0.15) is 0 Å². The summed E-state index contributed by atoms with van der Waals surface area (Å²) in [6.07, 6.45) is 0. The van der Waals surface area contributed by atoms with E-state index < -0.39 is 0 Å². The monoisotopic (exact) mass is 690 g/mol. The molecule has 0 atom stereocenters. The third kappa shape index (κ3) is 4.26. The second-order valence-electron chi connectivity index (χ2n) is 14.2. The van der Waals surface area contributed by atoms with Crippen molar-refractivity contribution in [2.75, 3.05) is 4.90 Å². The number of rotatable bonds is 4. The summed E-state index contributed by atoms with van der Waals surface area (Å²) in [6.45, 7) is 0. The highest BCUT2D eigenvalue weighted by Gasteiger charge is 2.25. The van der Waals surface area contributed by atoms with Crippen LogP contribution in [-0.4, -0.2) is 4.57 Å². The minimum absolute atomic E-state index is 1.15. The molecule has 0 fully saturated rings. The summed E-state index contributed by atoms with van der Waals surface area (Å²) in [5.74, 6) is 0. The summed E-state index contributed by atoms with van der Waals surface area (Å²) in [5, 5.41) is 10.2. The van der Waals surface area contributed by atoms with Gasteiger partial charge >= 0.3 is 0 Å². The van der Waals surface area contributed by atoms with Gasteiger partial charge in [-0.05, 0) is 141 Å². The molecular formula is C50H30N2S.